The highest BCUT2D eigenvalue weighted by atomic mass is 32.1. The number of rotatable bonds is 5. The lowest BCUT2D eigenvalue weighted by Gasteiger charge is -2.09. The molecule has 1 aliphatic rings. The second kappa shape index (κ2) is 6.44. The van der Waals surface area contributed by atoms with Gasteiger partial charge in [0.15, 0.2) is 23.1 Å². The fourth-order valence-electron chi connectivity index (χ4n) is 2.86. The molecule has 0 spiro atoms. The van der Waals surface area contributed by atoms with Gasteiger partial charge in [0.25, 0.3) is 0 Å². The third kappa shape index (κ3) is 3.13. The first-order valence-electron chi connectivity index (χ1n) is 8.41. The number of nitrogens with zero attached hydrogens (tertiary/aromatic N) is 3. The first-order valence-corrected chi connectivity index (χ1v) is 9.29. The molecule has 0 amide bonds. The van der Waals surface area contributed by atoms with Crippen LogP contribution < -0.4 is 20.1 Å². The van der Waals surface area contributed by atoms with Crippen LogP contribution >= 0.6 is 11.3 Å². The van der Waals surface area contributed by atoms with Gasteiger partial charge in [-0.15, -0.1) is 11.3 Å². The molecule has 0 unspecified atom stereocenters. The van der Waals surface area contributed by atoms with E-state index in [1.807, 2.05) is 42.6 Å². The van der Waals surface area contributed by atoms with Crippen molar-refractivity contribution in [3.63, 3.8) is 0 Å². The van der Waals surface area contributed by atoms with E-state index < -0.39 is 0 Å². The summed E-state index contributed by atoms with van der Waals surface area (Å²) in [7, 11) is 0. The molecular formula is C18H16N6O2S. The maximum atomic E-state index is 5.43. The second-order valence-electron chi connectivity index (χ2n) is 6.13. The van der Waals surface area contributed by atoms with E-state index in [9.17, 15) is 0 Å². The Bertz CT molecular complexity index is 1120. The zero-order chi connectivity index (χ0) is 18.2. The third-order valence-corrected chi connectivity index (χ3v) is 5.05. The number of H-pyrrole nitrogens is 1. The Morgan fingerprint density at radius 2 is 2.07 bits per heavy atom. The minimum Gasteiger partial charge on any atom is -0.454 e. The molecule has 27 heavy (non-hydrogen) atoms. The number of thiophene rings is 1. The first kappa shape index (κ1) is 15.9. The number of benzene rings is 1. The molecule has 4 heterocycles. The zero-order valence-electron chi connectivity index (χ0n) is 14.4. The second-order valence-corrected chi connectivity index (χ2v) is 7.05. The number of aromatic nitrogens is 4. The summed E-state index contributed by atoms with van der Waals surface area (Å²) < 4.78 is 11.8. The average molecular weight is 380 g/mol. The van der Waals surface area contributed by atoms with Crippen LogP contribution in [-0.4, -0.2) is 27.0 Å². The van der Waals surface area contributed by atoms with Gasteiger partial charge in [-0.2, -0.15) is 10.1 Å². The maximum Gasteiger partial charge on any atom is 0.231 e. The van der Waals surface area contributed by atoms with Crippen molar-refractivity contribution >= 4 is 39.1 Å². The number of fused-ring (bicyclic) bond motifs is 2. The molecule has 0 fully saturated rings. The molecule has 0 bridgehead atoms. The Morgan fingerprint density at radius 1 is 1.15 bits per heavy atom. The van der Waals surface area contributed by atoms with Crippen LogP contribution in [0.2, 0.25) is 0 Å². The smallest absolute Gasteiger partial charge is 0.231 e. The number of anilines is 3. The van der Waals surface area contributed by atoms with Gasteiger partial charge in [0, 0.05) is 18.3 Å². The summed E-state index contributed by atoms with van der Waals surface area (Å²) in [6.45, 7) is 2.80. The van der Waals surface area contributed by atoms with Crippen LogP contribution in [0.5, 0.6) is 11.5 Å². The summed E-state index contributed by atoms with van der Waals surface area (Å²) >= 11 is 1.59. The SMILES string of the molecule is Cc1cc(Nc2nc(NCc3ccc4c(c3)OCO4)nc3ccsc23)n[nH]1. The van der Waals surface area contributed by atoms with E-state index in [0.29, 0.717) is 12.5 Å². The number of hydrogen-bond donors (Lipinski definition) is 3. The predicted octanol–water partition coefficient (Wildman–Crippen LogP) is 3.81. The molecule has 4 aromatic rings. The van der Waals surface area contributed by atoms with E-state index >= 15 is 0 Å². The van der Waals surface area contributed by atoms with Crippen molar-refractivity contribution in [2.24, 2.45) is 0 Å². The first-order chi connectivity index (χ1) is 13.2. The highest BCUT2D eigenvalue weighted by Gasteiger charge is 2.14. The van der Waals surface area contributed by atoms with Gasteiger partial charge in [0.2, 0.25) is 12.7 Å². The molecule has 3 aromatic heterocycles. The number of nitrogens with one attached hydrogen (secondary N) is 3. The zero-order valence-corrected chi connectivity index (χ0v) is 15.3. The Balaban J connectivity index is 1.40. The van der Waals surface area contributed by atoms with Gasteiger partial charge in [-0.3, -0.25) is 5.10 Å². The lowest BCUT2D eigenvalue weighted by atomic mass is 10.2. The largest absolute Gasteiger partial charge is 0.454 e. The molecule has 0 saturated carbocycles. The molecular weight excluding hydrogens is 364 g/mol. The Kier molecular flexibility index (Phi) is 3.79. The highest BCUT2D eigenvalue weighted by Crippen LogP contribution is 2.33. The third-order valence-electron chi connectivity index (χ3n) is 4.14. The van der Waals surface area contributed by atoms with E-state index in [0.717, 1.165) is 44.6 Å². The minimum absolute atomic E-state index is 0.270. The van der Waals surface area contributed by atoms with Gasteiger partial charge in [0.05, 0.1) is 10.2 Å². The standard InChI is InChI=1S/C18H16N6O2S/c1-10-6-15(24-23-10)21-17-16-12(4-5-27-16)20-18(22-17)19-8-11-2-3-13-14(7-11)26-9-25-13/h2-7H,8-9H2,1H3,(H3,19,20,21,22,23,24). The van der Waals surface area contributed by atoms with E-state index in [2.05, 4.69) is 30.8 Å². The van der Waals surface area contributed by atoms with Crippen molar-refractivity contribution in [3.05, 3.63) is 47.0 Å². The fraction of sp³-hybridized carbons (Fsp3) is 0.167. The number of aryl methyl sites for hydroxylation is 1. The van der Waals surface area contributed by atoms with Crippen LogP contribution in [0.1, 0.15) is 11.3 Å². The van der Waals surface area contributed by atoms with Gasteiger partial charge in [-0.25, -0.2) is 4.98 Å². The normalized spacial score (nSPS) is 12.5. The van der Waals surface area contributed by atoms with Crippen LogP contribution in [0.4, 0.5) is 17.6 Å². The van der Waals surface area contributed by atoms with Crippen molar-refractivity contribution in [2.75, 3.05) is 17.4 Å². The summed E-state index contributed by atoms with van der Waals surface area (Å²) in [4.78, 5) is 9.23. The van der Waals surface area contributed by atoms with E-state index in [-0.39, 0.29) is 6.79 Å². The van der Waals surface area contributed by atoms with Crippen molar-refractivity contribution < 1.29 is 9.47 Å². The van der Waals surface area contributed by atoms with E-state index in [1.165, 1.54) is 0 Å². The molecule has 0 radical (unpaired) electrons. The van der Waals surface area contributed by atoms with Crippen LogP contribution in [0.25, 0.3) is 10.2 Å². The number of hydrogen-bond acceptors (Lipinski definition) is 8. The van der Waals surface area contributed by atoms with Crippen molar-refractivity contribution in [2.45, 2.75) is 13.5 Å². The van der Waals surface area contributed by atoms with Crippen molar-refractivity contribution in [1.82, 2.24) is 20.2 Å². The summed E-state index contributed by atoms with van der Waals surface area (Å²) in [5.74, 6) is 3.54. The predicted molar refractivity (Wildman–Crippen MR) is 104 cm³/mol. The Hall–Kier alpha value is -3.33. The molecule has 1 aromatic carbocycles. The van der Waals surface area contributed by atoms with Gasteiger partial charge in [0.1, 0.15) is 0 Å². The highest BCUT2D eigenvalue weighted by molar-refractivity contribution is 7.17. The molecule has 5 rings (SSSR count). The number of ether oxygens (including phenoxy) is 2. The van der Waals surface area contributed by atoms with Crippen LogP contribution in [0.3, 0.4) is 0 Å². The molecule has 9 heteroatoms. The van der Waals surface area contributed by atoms with Gasteiger partial charge in [-0.05, 0) is 36.1 Å². The summed E-state index contributed by atoms with van der Waals surface area (Å²) in [5.41, 5.74) is 2.93. The van der Waals surface area contributed by atoms with Crippen molar-refractivity contribution in [1.29, 1.82) is 0 Å². The topological polar surface area (TPSA) is 97.0 Å². The molecule has 1 aliphatic heterocycles. The summed E-state index contributed by atoms with van der Waals surface area (Å²) in [6.07, 6.45) is 0. The van der Waals surface area contributed by atoms with E-state index in [4.69, 9.17) is 9.47 Å². The van der Waals surface area contributed by atoms with E-state index in [1.54, 1.807) is 11.3 Å². The monoisotopic (exact) mass is 380 g/mol. The summed E-state index contributed by atoms with van der Waals surface area (Å²) in [5, 5.41) is 15.7. The molecule has 8 nitrogen and oxygen atoms in total. The molecule has 3 N–H and O–H groups in total. The molecule has 0 atom stereocenters. The summed E-state index contributed by atoms with van der Waals surface area (Å²) in [6, 6.07) is 9.78. The quantitative estimate of drug-likeness (QED) is 0.484. The molecule has 136 valence electrons. The Morgan fingerprint density at radius 3 is 2.96 bits per heavy atom. The van der Waals surface area contributed by atoms with Gasteiger partial charge >= 0.3 is 0 Å². The lowest BCUT2D eigenvalue weighted by molar-refractivity contribution is 0.174. The lowest BCUT2D eigenvalue weighted by Crippen LogP contribution is -2.05. The fourth-order valence-corrected chi connectivity index (χ4v) is 3.64. The average Bonchev–Trinajstić information content (AvgIpc) is 3.40. The van der Waals surface area contributed by atoms with Gasteiger partial charge in [-0.1, -0.05) is 6.07 Å². The minimum atomic E-state index is 0.270. The molecule has 0 aliphatic carbocycles. The van der Waals surface area contributed by atoms with Crippen LogP contribution in [-0.2, 0) is 6.54 Å². The van der Waals surface area contributed by atoms with Crippen molar-refractivity contribution in [3.8, 4) is 11.5 Å². The number of aromatic amines is 1. The Labute approximate surface area is 158 Å². The van der Waals surface area contributed by atoms with Crippen LogP contribution in [0.15, 0.2) is 35.7 Å². The van der Waals surface area contributed by atoms with Crippen LogP contribution in [0, 0.1) is 6.92 Å². The van der Waals surface area contributed by atoms with Gasteiger partial charge < -0.3 is 20.1 Å². The maximum absolute atomic E-state index is 5.43. The molecule has 0 saturated heterocycles.